The van der Waals surface area contributed by atoms with Crippen LogP contribution in [0.1, 0.15) is 6.42 Å². The number of anilines is 1. The molecule has 5 nitrogen and oxygen atoms in total. The first-order chi connectivity index (χ1) is 9.92. The molecular formula is C15H19N5. The number of para-hydroxylation sites is 1. The SMILES string of the molecule is c1ccc2nc(NCCNC3=NCCCN3)ccc2c1. The fourth-order valence-electron chi connectivity index (χ4n) is 2.19. The maximum Gasteiger partial charge on any atom is 0.191 e. The number of hydrogen-bond donors (Lipinski definition) is 3. The molecule has 0 saturated carbocycles. The van der Waals surface area contributed by atoms with Crippen molar-refractivity contribution in [1.82, 2.24) is 15.6 Å². The summed E-state index contributed by atoms with van der Waals surface area (Å²) in [6.07, 6.45) is 1.12. The molecule has 104 valence electrons. The molecule has 2 aromatic rings. The van der Waals surface area contributed by atoms with Gasteiger partial charge in [-0.15, -0.1) is 0 Å². The lowest BCUT2D eigenvalue weighted by Gasteiger charge is -2.16. The topological polar surface area (TPSA) is 61.3 Å². The van der Waals surface area contributed by atoms with Crippen LogP contribution in [-0.4, -0.2) is 37.1 Å². The van der Waals surface area contributed by atoms with E-state index in [1.165, 1.54) is 0 Å². The Hall–Kier alpha value is -2.30. The van der Waals surface area contributed by atoms with E-state index in [2.05, 4.69) is 38.1 Å². The van der Waals surface area contributed by atoms with Gasteiger partial charge >= 0.3 is 0 Å². The standard InChI is InChI=1S/C15H19N5/c1-2-5-13-12(4-1)6-7-14(20-13)16-10-11-19-15-17-8-3-9-18-15/h1-2,4-7H,3,8-11H2,(H,16,20)(H2,17,18,19). The molecule has 1 aliphatic rings. The van der Waals surface area contributed by atoms with Gasteiger partial charge in [-0.3, -0.25) is 4.99 Å². The van der Waals surface area contributed by atoms with Gasteiger partial charge in [0.2, 0.25) is 0 Å². The van der Waals surface area contributed by atoms with Gasteiger partial charge in [0.05, 0.1) is 5.52 Å². The molecule has 3 N–H and O–H groups in total. The first-order valence-electron chi connectivity index (χ1n) is 7.04. The molecule has 20 heavy (non-hydrogen) atoms. The second-order valence-electron chi connectivity index (χ2n) is 4.75. The molecule has 0 saturated heterocycles. The lowest BCUT2D eigenvalue weighted by molar-refractivity contribution is 0.705. The van der Waals surface area contributed by atoms with Crippen molar-refractivity contribution in [3.05, 3.63) is 36.4 Å². The van der Waals surface area contributed by atoms with Gasteiger partial charge < -0.3 is 16.0 Å². The molecule has 1 aliphatic heterocycles. The molecule has 0 amide bonds. The Morgan fingerprint density at radius 2 is 1.95 bits per heavy atom. The fourth-order valence-corrected chi connectivity index (χ4v) is 2.19. The highest BCUT2D eigenvalue weighted by Crippen LogP contribution is 2.13. The Bertz CT molecular complexity index is 608. The molecule has 1 aromatic carbocycles. The molecule has 0 radical (unpaired) electrons. The first-order valence-corrected chi connectivity index (χ1v) is 7.04. The summed E-state index contributed by atoms with van der Waals surface area (Å²) in [6, 6.07) is 12.2. The van der Waals surface area contributed by atoms with Crippen LogP contribution in [-0.2, 0) is 0 Å². The highest BCUT2D eigenvalue weighted by atomic mass is 15.2. The molecule has 0 atom stereocenters. The van der Waals surface area contributed by atoms with Gasteiger partial charge in [-0.1, -0.05) is 18.2 Å². The number of benzene rings is 1. The van der Waals surface area contributed by atoms with Crippen LogP contribution in [0.3, 0.4) is 0 Å². The number of nitrogens with zero attached hydrogens (tertiary/aromatic N) is 2. The molecule has 5 heteroatoms. The predicted molar refractivity (Wildman–Crippen MR) is 83.2 cm³/mol. The third-order valence-corrected chi connectivity index (χ3v) is 3.22. The molecule has 0 fully saturated rings. The minimum absolute atomic E-state index is 0.812. The van der Waals surface area contributed by atoms with Gasteiger partial charge in [0.25, 0.3) is 0 Å². The van der Waals surface area contributed by atoms with Crippen molar-refractivity contribution >= 4 is 22.7 Å². The number of guanidine groups is 1. The molecule has 0 spiro atoms. The number of aromatic nitrogens is 1. The van der Waals surface area contributed by atoms with E-state index in [0.717, 1.165) is 55.3 Å². The number of hydrogen-bond acceptors (Lipinski definition) is 5. The van der Waals surface area contributed by atoms with Gasteiger partial charge in [0, 0.05) is 31.6 Å². The minimum Gasteiger partial charge on any atom is -0.368 e. The van der Waals surface area contributed by atoms with E-state index in [-0.39, 0.29) is 0 Å². The van der Waals surface area contributed by atoms with Gasteiger partial charge in [-0.05, 0) is 24.6 Å². The van der Waals surface area contributed by atoms with Crippen LogP contribution >= 0.6 is 0 Å². The van der Waals surface area contributed by atoms with Crippen molar-refractivity contribution in [3.63, 3.8) is 0 Å². The van der Waals surface area contributed by atoms with Crippen molar-refractivity contribution < 1.29 is 0 Å². The first kappa shape index (κ1) is 12.7. The van der Waals surface area contributed by atoms with Crippen molar-refractivity contribution in [3.8, 4) is 0 Å². The summed E-state index contributed by atoms with van der Waals surface area (Å²) in [4.78, 5) is 8.94. The van der Waals surface area contributed by atoms with Gasteiger partial charge in [-0.25, -0.2) is 4.98 Å². The van der Waals surface area contributed by atoms with E-state index in [9.17, 15) is 0 Å². The van der Waals surface area contributed by atoms with Crippen LogP contribution in [0.5, 0.6) is 0 Å². The molecule has 2 heterocycles. The maximum absolute atomic E-state index is 4.57. The molecule has 1 aromatic heterocycles. The van der Waals surface area contributed by atoms with Crippen LogP contribution in [0.4, 0.5) is 5.82 Å². The largest absolute Gasteiger partial charge is 0.368 e. The van der Waals surface area contributed by atoms with Crippen LogP contribution in [0.2, 0.25) is 0 Å². The molecule has 0 bridgehead atoms. The van der Waals surface area contributed by atoms with Crippen molar-refractivity contribution in [2.45, 2.75) is 6.42 Å². The Morgan fingerprint density at radius 3 is 2.85 bits per heavy atom. The monoisotopic (exact) mass is 269 g/mol. The average Bonchev–Trinajstić information content (AvgIpc) is 2.52. The third kappa shape index (κ3) is 3.17. The third-order valence-electron chi connectivity index (χ3n) is 3.22. The van der Waals surface area contributed by atoms with E-state index in [4.69, 9.17) is 0 Å². The summed E-state index contributed by atoms with van der Waals surface area (Å²) in [5, 5.41) is 11.0. The lowest BCUT2D eigenvalue weighted by Crippen LogP contribution is -2.42. The number of pyridine rings is 1. The molecule has 0 unspecified atom stereocenters. The zero-order valence-electron chi connectivity index (χ0n) is 11.4. The lowest BCUT2D eigenvalue weighted by atomic mass is 10.2. The molecule has 0 aliphatic carbocycles. The van der Waals surface area contributed by atoms with E-state index < -0.39 is 0 Å². The summed E-state index contributed by atoms with van der Waals surface area (Å²) < 4.78 is 0. The Labute approximate surface area is 118 Å². The second-order valence-corrected chi connectivity index (χ2v) is 4.75. The van der Waals surface area contributed by atoms with Crippen LogP contribution in [0, 0.1) is 0 Å². The van der Waals surface area contributed by atoms with E-state index in [1.54, 1.807) is 0 Å². The normalized spacial score (nSPS) is 14.5. The van der Waals surface area contributed by atoms with Crippen LogP contribution in [0.15, 0.2) is 41.4 Å². The smallest absolute Gasteiger partial charge is 0.191 e. The average molecular weight is 269 g/mol. The highest BCUT2D eigenvalue weighted by molar-refractivity contribution is 5.80. The van der Waals surface area contributed by atoms with Crippen molar-refractivity contribution in [1.29, 1.82) is 0 Å². The highest BCUT2D eigenvalue weighted by Gasteiger charge is 2.02. The summed E-state index contributed by atoms with van der Waals surface area (Å²) in [5.74, 6) is 1.81. The van der Waals surface area contributed by atoms with Crippen LogP contribution in [0.25, 0.3) is 10.9 Å². The Morgan fingerprint density at radius 1 is 1.05 bits per heavy atom. The fraction of sp³-hybridized carbons (Fsp3) is 0.333. The number of aliphatic imine (C=N–C) groups is 1. The second kappa shape index (κ2) is 6.23. The van der Waals surface area contributed by atoms with E-state index in [0.29, 0.717) is 0 Å². The number of nitrogens with one attached hydrogen (secondary N) is 3. The Kier molecular flexibility index (Phi) is 3.96. The predicted octanol–water partition coefficient (Wildman–Crippen LogP) is 1.59. The number of fused-ring (bicyclic) bond motifs is 1. The van der Waals surface area contributed by atoms with E-state index >= 15 is 0 Å². The van der Waals surface area contributed by atoms with Gasteiger partial charge in [-0.2, -0.15) is 0 Å². The molecule has 3 rings (SSSR count). The summed E-state index contributed by atoms with van der Waals surface area (Å²) in [5.41, 5.74) is 1.02. The zero-order valence-corrected chi connectivity index (χ0v) is 11.4. The van der Waals surface area contributed by atoms with Crippen molar-refractivity contribution in [2.24, 2.45) is 4.99 Å². The molecular weight excluding hydrogens is 250 g/mol. The van der Waals surface area contributed by atoms with Gasteiger partial charge in [0.1, 0.15) is 5.82 Å². The summed E-state index contributed by atoms with van der Waals surface area (Å²) in [6.45, 7) is 3.55. The summed E-state index contributed by atoms with van der Waals surface area (Å²) >= 11 is 0. The van der Waals surface area contributed by atoms with Crippen molar-refractivity contribution in [2.75, 3.05) is 31.5 Å². The quantitative estimate of drug-likeness (QED) is 0.738. The van der Waals surface area contributed by atoms with E-state index in [1.807, 2.05) is 24.3 Å². The van der Waals surface area contributed by atoms with Gasteiger partial charge in [0.15, 0.2) is 5.96 Å². The Balaban J connectivity index is 1.50. The zero-order chi connectivity index (χ0) is 13.6. The number of rotatable bonds is 4. The van der Waals surface area contributed by atoms with Crippen LogP contribution < -0.4 is 16.0 Å². The summed E-state index contributed by atoms with van der Waals surface area (Å²) in [7, 11) is 0. The maximum atomic E-state index is 4.57. The minimum atomic E-state index is 0.812.